The first kappa shape index (κ1) is 22.0. The Bertz CT molecular complexity index is 1140. The highest BCUT2D eigenvalue weighted by Gasteiger charge is 2.28. The molecule has 2 aromatic heterocycles. The summed E-state index contributed by atoms with van der Waals surface area (Å²) in [6, 6.07) is 11.9. The quantitative estimate of drug-likeness (QED) is 0.581. The van der Waals surface area contributed by atoms with Crippen molar-refractivity contribution in [2.24, 2.45) is 7.05 Å². The van der Waals surface area contributed by atoms with Crippen LogP contribution in [0, 0.1) is 0 Å². The van der Waals surface area contributed by atoms with Gasteiger partial charge in [0.15, 0.2) is 0 Å². The summed E-state index contributed by atoms with van der Waals surface area (Å²) < 4.78 is 34.0. The fraction of sp³-hybridized carbons (Fsp3) is 0.333. The van der Waals surface area contributed by atoms with E-state index in [1.165, 1.54) is 4.90 Å². The smallest absolute Gasteiger partial charge is 0.410 e. The molecule has 0 aliphatic carbocycles. The van der Waals surface area contributed by atoms with Crippen LogP contribution in [0.3, 0.4) is 0 Å². The zero-order valence-corrected chi connectivity index (χ0v) is 19.3. The van der Waals surface area contributed by atoms with Crippen molar-refractivity contribution in [3.05, 3.63) is 53.5 Å². The van der Waals surface area contributed by atoms with Crippen molar-refractivity contribution in [3.8, 4) is 11.3 Å². The lowest BCUT2D eigenvalue weighted by molar-refractivity contribution is 0.0286. The van der Waals surface area contributed by atoms with Gasteiger partial charge in [-0.3, -0.25) is 4.68 Å². The zero-order valence-electron chi connectivity index (χ0n) is 17.6. The molecule has 2 heterocycles. The Labute approximate surface area is 180 Å². The largest absolute Gasteiger partial charge is 0.444 e. The molecule has 0 bridgehead atoms. The number of hydrogen-bond acceptors (Lipinski definition) is 6. The van der Waals surface area contributed by atoms with E-state index in [1.807, 2.05) is 0 Å². The molecule has 0 saturated heterocycles. The lowest BCUT2D eigenvalue weighted by Gasteiger charge is -2.24. The summed E-state index contributed by atoms with van der Waals surface area (Å²) in [5.41, 5.74) is 0.644. The topological polar surface area (TPSA) is 81.5 Å². The third kappa shape index (κ3) is 4.73. The second kappa shape index (κ2) is 8.23. The molecule has 0 fully saturated rings. The lowest BCUT2D eigenvalue weighted by atomic mass is 10.2. The number of aryl methyl sites for hydroxylation is 1. The van der Waals surface area contributed by atoms with Crippen molar-refractivity contribution in [1.29, 1.82) is 0 Å². The number of hydrogen-bond donors (Lipinski definition) is 0. The molecule has 0 saturated carbocycles. The van der Waals surface area contributed by atoms with E-state index in [1.54, 1.807) is 88.2 Å². The Morgan fingerprint density at radius 1 is 1.20 bits per heavy atom. The summed E-state index contributed by atoms with van der Waals surface area (Å²) in [7, 11) is -0.344. The summed E-state index contributed by atoms with van der Waals surface area (Å²) in [5, 5.41) is 4.17. The van der Waals surface area contributed by atoms with Crippen molar-refractivity contribution in [2.75, 3.05) is 7.05 Å². The van der Waals surface area contributed by atoms with Gasteiger partial charge in [0.05, 0.1) is 17.1 Å². The molecule has 0 aliphatic rings. The monoisotopic (exact) mass is 447 g/mol. The number of aromatic nitrogens is 2. The summed E-state index contributed by atoms with van der Waals surface area (Å²) in [6.07, 6.45) is 1.16. The normalized spacial score (nSPS) is 12.0. The van der Waals surface area contributed by atoms with Crippen LogP contribution in [0.5, 0.6) is 0 Å². The SMILES string of the molecule is CN(Cc1cc(-c2ccnn2C)c(S(=O)(=O)c2ccccc2)s1)C(=O)OC(C)(C)C. The van der Waals surface area contributed by atoms with Crippen molar-refractivity contribution < 1.29 is 17.9 Å². The average Bonchev–Trinajstić information content (AvgIpc) is 3.27. The van der Waals surface area contributed by atoms with E-state index in [2.05, 4.69) is 5.10 Å². The van der Waals surface area contributed by atoms with E-state index >= 15 is 0 Å². The highest BCUT2D eigenvalue weighted by atomic mass is 32.2. The Morgan fingerprint density at radius 3 is 2.43 bits per heavy atom. The molecule has 1 amide bonds. The molecule has 3 rings (SSSR count). The number of thiophene rings is 1. The van der Waals surface area contributed by atoms with Crippen LogP contribution in [-0.4, -0.2) is 41.8 Å². The molecular formula is C21H25N3O4S2. The number of sulfone groups is 1. The summed E-state index contributed by atoms with van der Waals surface area (Å²) in [6.45, 7) is 5.63. The van der Waals surface area contributed by atoms with E-state index in [4.69, 9.17) is 4.74 Å². The molecule has 30 heavy (non-hydrogen) atoms. The van der Waals surface area contributed by atoms with Gasteiger partial charge in [0.2, 0.25) is 9.84 Å². The highest BCUT2D eigenvalue weighted by molar-refractivity contribution is 7.93. The maximum atomic E-state index is 13.4. The Morgan fingerprint density at radius 2 is 1.87 bits per heavy atom. The van der Waals surface area contributed by atoms with E-state index in [0.29, 0.717) is 11.3 Å². The molecule has 0 N–H and O–H groups in total. The summed E-state index contributed by atoms with van der Waals surface area (Å²) >= 11 is 1.15. The third-order valence-corrected chi connectivity index (χ3v) is 7.67. The maximum absolute atomic E-state index is 13.4. The number of carbonyl (C=O) groups is 1. The van der Waals surface area contributed by atoms with Crippen LogP contribution < -0.4 is 0 Å². The van der Waals surface area contributed by atoms with Crippen molar-refractivity contribution in [3.63, 3.8) is 0 Å². The molecule has 0 radical (unpaired) electrons. The van der Waals surface area contributed by atoms with E-state index in [-0.39, 0.29) is 15.6 Å². The summed E-state index contributed by atoms with van der Waals surface area (Å²) in [5.74, 6) is 0. The lowest BCUT2D eigenvalue weighted by Crippen LogP contribution is -2.33. The highest BCUT2D eigenvalue weighted by Crippen LogP contribution is 2.38. The van der Waals surface area contributed by atoms with Gasteiger partial charge in [-0.2, -0.15) is 5.10 Å². The van der Waals surface area contributed by atoms with Crippen LogP contribution in [0.1, 0.15) is 25.6 Å². The molecule has 160 valence electrons. The van der Waals surface area contributed by atoms with Crippen molar-refractivity contribution in [1.82, 2.24) is 14.7 Å². The van der Waals surface area contributed by atoms with Crippen LogP contribution in [0.2, 0.25) is 0 Å². The van der Waals surface area contributed by atoms with Gasteiger partial charge in [-0.25, -0.2) is 13.2 Å². The maximum Gasteiger partial charge on any atom is 0.410 e. The minimum atomic E-state index is -3.73. The Hall–Kier alpha value is -2.65. The van der Waals surface area contributed by atoms with Gasteiger partial charge in [-0.05, 0) is 45.0 Å². The minimum Gasteiger partial charge on any atom is -0.444 e. The average molecular weight is 448 g/mol. The second-order valence-corrected chi connectivity index (χ2v) is 11.2. The van der Waals surface area contributed by atoms with Crippen molar-refractivity contribution >= 4 is 27.3 Å². The summed E-state index contributed by atoms with van der Waals surface area (Å²) in [4.78, 5) is 14.7. The first-order valence-electron chi connectivity index (χ1n) is 9.34. The predicted octanol–water partition coefficient (Wildman–Crippen LogP) is 4.35. The van der Waals surface area contributed by atoms with Crippen LogP contribution in [-0.2, 0) is 28.2 Å². The molecule has 1 aromatic carbocycles. The molecule has 0 unspecified atom stereocenters. The fourth-order valence-corrected chi connectivity index (χ4v) is 6.04. The fourth-order valence-electron chi connectivity index (χ4n) is 2.86. The van der Waals surface area contributed by atoms with Crippen LogP contribution >= 0.6 is 11.3 Å². The molecule has 0 spiro atoms. The molecular weight excluding hydrogens is 422 g/mol. The van der Waals surface area contributed by atoms with Crippen LogP contribution in [0.25, 0.3) is 11.3 Å². The van der Waals surface area contributed by atoms with Gasteiger partial charge in [-0.1, -0.05) is 18.2 Å². The number of rotatable bonds is 5. The van der Waals surface area contributed by atoms with E-state index < -0.39 is 21.5 Å². The standard InChI is InChI=1S/C21H25N3O4S2/c1-21(2,3)28-20(25)23(4)14-15-13-17(18-11-12-22-24(18)5)19(29-15)30(26,27)16-9-7-6-8-10-16/h6-13H,14H2,1-5H3. The number of carbonyl (C=O) groups excluding carboxylic acids is 1. The molecule has 7 nitrogen and oxygen atoms in total. The van der Waals surface area contributed by atoms with Crippen molar-refractivity contribution in [2.45, 2.75) is 42.0 Å². The van der Waals surface area contributed by atoms with E-state index in [0.717, 1.165) is 16.2 Å². The van der Waals surface area contributed by atoms with Gasteiger partial charge in [-0.15, -0.1) is 11.3 Å². The molecule has 0 aliphatic heterocycles. The second-order valence-electron chi connectivity index (χ2n) is 7.91. The minimum absolute atomic E-state index is 0.224. The van der Waals surface area contributed by atoms with Crippen LogP contribution in [0.4, 0.5) is 4.79 Å². The first-order chi connectivity index (χ1) is 14.0. The number of nitrogens with zero attached hydrogens (tertiary/aromatic N) is 3. The number of benzene rings is 1. The van der Waals surface area contributed by atoms with Crippen LogP contribution in [0.15, 0.2) is 57.8 Å². The first-order valence-corrected chi connectivity index (χ1v) is 11.6. The zero-order chi connectivity index (χ0) is 22.1. The number of amides is 1. The third-order valence-electron chi connectivity index (χ3n) is 4.24. The van der Waals surface area contributed by atoms with Gasteiger partial charge in [0, 0.05) is 30.7 Å². The van der Waals surface area contributed by atoms with Gasteiger partial charge in [0.1, 0.15) is 9.81 Å². The predicted molar refractivity (Wildman–Crippen MR) is 116 cm³/mol. The van der Waals surface area contributed by atoms with E-state index in [9.17, 15) is 13.2 Å². The Balaban J connectivity index is 2.02. The Kier molecular flexibility index (Phi) is 6.05. The molecule has 3 aromatic rings. The molecule has 9 heteroatoms. The molecule has 0 atom stereocenters. The van der Waals surface area contributed by atoms with Gasteiger partial charge in [0.25, 0.3) is 0 Å². The number of ether oxygens (including phenoxy) is 1. The van der Waals surface area contributed by atoms with Gasteiger partial charge < -0.3 is 9.64 Å². The van der Waals surface area contributed by atoms with Gasteiger partial charge >= 0.3 is 6.09 Å².